The number of anilines is 1. The molecule has 0 amide bonds. The van der Waals surface area contributed by atoms with Crippen LogP contribution in [0.15, 0.2) is 6.33 Å². The van der Waals surface area contributed by atoms with Crippen LogP contribution in [0.4, 0.5) is 5.82 Å². The predicted octanol–water partition coefficient (Wildman–Crippen LogP) is 1.58. The third-order valence-corrected chi connectivity index (χ3v) is 3.64. The first-order valence-corrected chi connectivity index (χ1v) is 5.89. The molecule has 1 fully saturated rings. The van der Waals surface area contributed by atoms with Gasteiger partial charge in [-0.15, -0.1) is 0 Å². The summed E-state index contributed by atoms with van der Waals surface area (Å²) in [5.74, 6) is 0.972. The van der Waals surface area contributed by atoms with Gasteiger partial charge in [-0.1, -0.05) is 11.6 Å². The third-order valence-electron chi connectivity index (χ3n) is 3.26. The van der Waals surface area contributed by atoms with Gasteiger partial charge in [0.2, 0.25) is 0 Å². The molecule has 2 heterocycles. The van der Waals surface area contributed by atoms with Crippen LogP contribution in [0, 0.1) is 6.92 Å². The molecule has 2 rings (SSSR count). The zero-order chi connectivity index (χ0) is 11.7. The van der Waals surface area contributed by atoms with Crippen molar-refractivity contribution in [2.24, 2.45) is 0 Å². The Morgan fingerprint density at radius 1 is 1.38 bits per heavy atom. The van der Waals surface area contributed by atoms with Gasteiger partial charge in [-0.2, -0.15) is 0 Å². The van der Waals surface area contributed by atoms with Gasteiger partial charge < -0.3 is 9.80 Å². The zero-order valence-electron chi connectivity index (χ0n) is 9.94. The number of nitrogens with zero attached hydrogens (tertiary/aromatic N) is 4. The monoisotopic (exact) mass is 240 g/mol. The Bertz CT molecular complexity index is 382. The second-order valence-corrected chi connectivity index (χ2v) is 4.75. The van der Waals surface area contributed by atoms with Crippen molar-refractivity contribution < 1.29 is 0 Å². The highest BCUT2D eigenvalue weighted by molar-refractivity contribution is 6.30. The lowest BCUT2D eigenvalue weighted by Crippen LogP contribution is -2.50. The van der Waals surface area contributed by atoms with Crippen molar-refractivity contribution in [3.8, 4) is 0 Å². The Morgan fingerprint density at radius 2 is 2.12 bits per heavy atom. The summed E-state index contributed by atoms with van der Waals surface area (Å²) in [7, 11) is 2.15. The van der Waals surface area contributed by atoms with Gasteiger partial charge in [0, 0.05) is 31.2 Å². The van der Waals surface area contributed by atoms with E-state index in [1.165, 1.54) is 6.33 Å². The van der Waals surface area contributed by atoms with E-state index >= 15 is 0 Å². The average Bonchev–Trinajstić information content (AvgIpc) is 2.26. The van der Waals surface area contributed by atoms with Crippen molar-refractivity contribution in [3.63, 3.8) is 0 Å². The molecule has 0 N–H and O–H groups in total. The van der Waals surface area contributed by atoms with Crippen LogP contribution >= 0.6 is 11.6 Å². The number of aromatic nitrogens is 2. The van der Waals surface area contributed by atoms with Crippen LogP contribution in [0.1, 0.15) is 12.5 Å². The molecule has 4 nitrogen and oxygen atoms in total. The number of piperazine rings is 1. The summed E-state index contributed by atoms with van der Waals surface area (Å²) < 4.78 is 0. The summed E-state index contributed by atoms with van der Waals surface area (Å²) in [4.78, 5) is 13.0. The van der Waals surface area contributed by atoms with Crippen molar-refractivity contribution in [2.45, 2.75) is 19.9 Å². The molecule has 1 saturated heterocycles. The minimum atomic E-state index is 0.543. The minimum Gasteiger partial charge on any atom is -0.353 e. The summed E-state index contributed by atoms with van der Waals surface area (Å²) >= 11 is 6.01. The molecule has 1 aromatic heterocycles. The van der Waals surface area contributed by atoms with Gasteiger partial charge in [-0.05, 0) is 20.9 Å². The fraction of sp³-hybridized carbons (Fsp3) is 0.636. The van der Waals surface area contributed by atoms with Crippen molar-refractivity contribution >= 4 is 17.4 Å². The van der Waals surface area contributed by atoms with Gasteiger partial charge in [0.05, 0.1) is 0 Å². The van der Waals surface area contributed by atoms with E-state index in [-0.39, 0.29) is 0 Å². The molecule has 0 spiro atoms. The van der Waals surface area contributed by atoms with Crippen LogP contribution < -0.4 is 4.90 Å². The Hall–Kier alpha value is -0.870. The molecule has 88 valence electrons. The molecule has 1 atom stereocenters. The van der Waals surface area contributed by atoms with Crippen LogP contribution in [-0.4, -0.2) is 47.6 Å². The van der Waals surface area contributed by atoms with Gasteiger partial charge in [0.25, 0.3) is 0 Å². The fourth-order valence-corrected chi connectivity index (χ4v) is 2.11. The molecule has 0 aromatic carbocycles. The van der Waals surface area contributed by atoms with Crippen LogP contribution in [-0.2, 0) is 0 Å². The maximum Gasteiger partial charge on any atom is 0.137 e. The SMILES string of the molecule is Cc1c(Cl)ncnc1N1CCN(C)C(C)C1. The van der Waals surface area contributed by atoms with Crippen molar-refractivity contribution in [3.05, 3.63) is 17.0 Å². The average molecular weight is 241 g/mol. The van der Waals surface area contributed by atoms with Gasteiger partial charge in [0.15, 0.2) is 0 Å². The first-order valence-electron chi connectivity index (χ1n) is 5.52. The largest absolute Gasteiger partial charge is 0.353 e. The molecule has 1 aliphatic heterocycles. The molecule has 16 heavy (non-hydrogen) atoms. The zero-order valence-corrected chi connectivity index (χ0v) is 10.7. The Labute approximate surface area is 101 Å². The molecule has 0 bridgehead atoms. The highest BCUT2D eigenvalue weighted by Gasteiger charge is 2.23. The summed E-state index contributed by atoms with van der Waals surface area (Å²) in [6, 6.07) is 0.543. The first kappa shape index (κ1) is 11.6. The molecule has 0 radical (unpaired) electrons. The number of hydrogen-bond donors (Lipinski definition) is 0. The number of likely N-dealkylation sites (N-methyl/N-ethyl adjacent to an activating group) is 1. The van der Waals surface area contributed by atoms with E-state index in [4.69, 9.17) is 11.6 Å². The molecule has 1 aromatic rings. The quantitative estimate of drug-likeness (QED) is 0.698. The second kappa shape index (κ2) is 4.55. The van der Waals surface area contributed by atoms with Gasteiger partial charge in [0.1, 0.15) is 17.3 Å². The molecule has 0 aliphatic carbocycles. The smallest absolute Gasteiger partial charge is 0.137 e. The number of rotatable bonds is 1. The minimum absolute atomic E-state index is 0.543. The second-order valence-electron chi connectivity index (χ2n) is 4.39. The Morgan fingerprint density at radius 3 is 2.81 bits per heavy atom. The lowest BCUT2D eigenvalue weighted by Gasteiger charge is -2.38. The number of halogens is 1. The summed E-state index contributed by atoms with van der Waals surface area (Å²) in [5, 5.41) is 0.552. The Balaban J connectivity index is 2.22. The molecular formula is C11H17ClN4. The van der Waals surface area contributed by atoms with E-state index in [0.29, 0.717) is 11.2 Å². The highest BCUT2D eigenvalue weighted by atomic mass is 35.5. The summed E-state index contributed by atoms with van der Waals surface area (Å²) in [6.45, 7) is 7.24. The van der Waals surface area contributed by atoms with Crippen LogP contribution in [0.3, 0.4) is 0 Å². The van der Waals surface area contributed by atoms with E-state index in [9.17, 15) is 0 Å². The van der Waals surface area contributed by atoms with Gasteiger partial charge in [-0.3, -0.25) is 0 Å². The van der Waals surface area contributed by atoms with E-state index in [1.54, 1.807) is 0 Å². The third kappa shape index (κ3) is 2.13. The van der Waals surface area contributed by atoms with Crippen molar-refractivity contribution in [1.29, 1.82) is 0 Å². The van der Waals surface area contributed by atoms with Crippen molar-refractivity contribution in [1.82, 2.24) is 14.9 Å². The fourth-order valence-electron chi connectivity index (χ4n) is 1.98. The standard InChI is InChI=1S/C11H17ClN4/c1-8-6-16(5-4-15(8)3)11-9(2)10(12)13-7-14-11/h7-8H,4-6H2,1-3H3. The van der Waals surface area contributed by atoms with E-state index in [1.807, 2.05) is 6.92 Å². The van der Waals surface area contributed by atoms with E-state index in [0.717, 1.165) is 31.0 Å². The van der Waals surface area contributed by atoms with E-state index in [2.05, 4.69) is 33.7 Å². The highest BCUT2D eigenvalue weighted by Crippen LogP contribution is 2.23. The molecule has 1 unspecified atom stereocenters. The topological polar surface area (TPSA) is 32.3 Å². The molecule has 1 aliphatic rings. The van der Waals surface area contributed by atoms with Crippen LogP contribution in [0.25, 0.3) is 0 Å². The lowest BCUT2D eigenvalue weighted by atomic mass is 10.2. The van der Waals surface area contributed by atoms with Crippen molar-refractivity contribution in [2.75, 3.05) is 31.6 Å². The molecule has 0 saturated carbocycles. The lowest BCUT2D eigenvalue weighted by molar-refractivity contribution is 0.233. The van der Waals surface area contributed by atoms with Crippen LogP contribution in [0.2, 0.25) is 5.15 Å². The van der Waals surface area contributed by atoms with Crippen LogP contribution in [0.5, 0.6) is 0 Å². The summed E-state index contributed by atoms with van der Waals surface area (Å²) in [6.07, 6.45) is 1.54. The molecule has 5 heteroatoms. The van der Waals surface area contributed by atoms with E-state index < -0.39 is 0 Å². The first-order chi connectivity index (χ1) is 7.59. The Kier molecular flexibility index (Phi) is 3.30. The maximum atomic E-state index is 6.01. The van der Waals surface area contributed by atoms with Gasteiger partial charge in [-0.25, -0.2) is 9.97 Å². The maximum absolute atomic E-state index is 6.01. The summed E-state index contributed by atoms with van der Waals surface area (Å²) in [5.41, 5.74) is 0.973. The predicted molar refractivity (Wildman–Crippen MR) is 66.1 cm³/mol. The van der Waals surface area contributed by atoms with Gasteiger partial charge >= 0.3 is 0 Å². The normalized spacial score (nSPS) is 22.5. The molecular weight excluding hydrogens is 224 g/mol. The number of hydrogen-bond acceptors (Lipinski definition) is 4.